The Bertz CT molecular complexity index is 272. The van der Waals surface area contributed by atoms with E-state index in [1.807, 2.05) is 30.3 Å². The van der Waals surface area contributed by atoms with Gasteiger partial charge in [0, 0.05) is 12.5 Å². The Morgan fingerprint density at radius 1 is 1.31 bits per heavy atom. The van der Waals surface area contributed by atoms with Crippen LogP contribution in [0.15, 0.2) is 30.3 Å². The minimum atomic E-state index is -0.344. The topological polar surface area (TPSA) is 69.1 Å². The molecular formula is C10H14N2O. The van der Waals surface area contributed by atoms with Crippen LogP contribution >= 0.6 is 0 Å². The van der Waals surface area contributed by atoms with Crippen LogP contribution in [0.5, 0.6) is 0 Å². The summed E-state index contributed by atoms with van der Waals surface area (Å²) in [6, 6.07) is 9.66. The van der Waals surface area contributed by atoms with E-state index in [2.05, 4.69) is 0 Å². The molecular weight excluding hydrogens is 164 g/mol. The number of carbonyl (C=O) groups is 1. The molecule has 70 valence electrons. The molecule has 3 heteroatoms. The summed E-state index contributed by atoms with van der Waals surface area (Å²) < 4.78 is 0. The lowest BCUT2D eigenvalue weighted by Gasteiger charge is -2.08. The zero-order valence-corrected chi connectivity index (χ0v) is 7.44. The number of primary amides is 1. The molecule has 1 amide bonds. The average molecular weight is 178 g/mol. The van der Waals surface area contributed by atoms with Crippen LogP contribution in [-0.2, 0) is 11.2 Å². The summed E-state index contributed by atoms with van der Waals surface area (Å²) in [5.74, 6) is -0.344. The first-order chi connectivity index (χ1) is 6.18. The Hall–Kier alpha value is -1.35. The van der Waals surface area contributed by atoms with Gasteiger partial charge in [0.15, 0.2) is 0 Å². The molecule has 0 aliphatic heterocycles. The van der Waals surface area contributed by atoms with Crippen LogP contribution < -0.4 is 11.5 Å². The second-order valence-corrected chi connectivity index (χ2v) is 3.12. The van der Waals surface area contributed by atoms with Crippen molar-refractivity contribution >= 4 is 5.91 Å². The van der Waals surface area contributed by atoms with Gasteiger partial charge in [0.05, 0.1) is 0 Å². The molecule has 0 fully saturated rings. The lowest BCUT2D eigenvalue weighted by atomic mass is 10.0. The predicted octanol–water partition coefficient (Wildman–Crippen LogP) is 0.432. The average Bonchev–Trinajstić information content (AvgIpc) is 2.04. The summed E-state index contributed by atoms with van der Waals surface area (Å²) in [6.45, 7) is 0. The maximum absolute atomic E-state index is 10.5. The van der Waals surface area contributed by atoms with Gasteiger partial charge in [-0.3, -0.25) is 4.79 Å². The van der Waals surface area contributed by atoms with Gasteiger partial charge in [0.2, 0.25) is 5.91 Å². The highest BCUT2D eigenvalue weighted by Crippen LogP contribution is 2.03. The minimum absolute atomic E-state index is 0.167. The fourth-order valence-corrected chi connectivity index (χ4v) is 1.25. The summed E-state index contributed by atoms with van der Waals surface area (Å²) in [4.78, 5) is 10.5. The molecule has 0 aliphatic rings. The second kappa shape index (κ2) is 4.62. The number of rotatable bonds is 4. The Balaban J connectivity index is 2.45. The molecule has 0 heterocycles. The standard InChI is InChI=1S/C10H14N2O/c11-9(7-10(12)13)6-8-4-2-1-3-5-8/h1-5,9H,6-7,11H2,(H2,12,13)/t9-/m1/s1. The van der Waals surface area contributed by atoms with Crippen molar-refractivity contribution in [3.05, 3.63) is 35.9 Å². The molecule has 0 aromatic heterocycles. The van der Waals surface area contributed by atoms with E-state index in [1.54, 1.807) is 0 Å². The van der Waals surface area contributed by atoms with E-state index >= 15 is 0 Å². The lowest BCUT2D eigenvalue weighted by molar-refractivity contribution is -0.118. The fourth-order valence-electron chi connectivity index (χ4n) is 1.25. The molecule has 0 saturated heterocycles. The van der Waals surface area contributed by atoms with Crippen LogP contribution in [0.1, 0.15) is 12.0 Å². The Labute approximate surface area is 77.7 Å². The first-order valence-corrected chi connectivity index (χ1v) is 4.26. The third-order valence-electron chi connectivity index (χ3n) is 1.80. The van der Waals surface area contributed by atoms with Crippen molar-refractivity contribution in [1.82, 2.24) is 0 Å². The van der Waals surface area contributed by atoms with Crippen LogP contribution in [-0.4, -0.2) is 11.9 Å². The number of hydrogen-bond donors (Lipinski definition) is 2. The lowest BCUT2D eigenvalue weighted by Crippen LogP contribution is -2.29. The van der Waals surface area contributed by atoms with Crippen molar-refractivity contribution < 1.29 is 4.79 Å². The van der Waals surface area contributed by atoms with Crippen LogP contribution in [0.25, 0.3) is 0 Å². The van der Waals surface area contributed by atoms with E-state index < -0.39 is 0 Å². The monoisotopic (exact) mass is 178 g/mol. The van der Waals surface area contributed by atoms with E-state index in [0.29, 0.717) is 6.42 Å². The van der Waals surface area contributed by atoms with E-state index in [-0.39, 0.29) is 18.4 Å². The highest BCUT2D eigenvalue weighted by Gasteiger charge is 2.06. The van der Waals surface area contributed by atoms with Gasteiger partial charge in [-0.15, -0.1) is 0 Å². The number of nitrogens with two attached hydrogens (primary N) is 2. The third kappa shape index (κ3) is 3.71. The summed E-state index contributed by atoms with van der Waals surface area (Å²) in [5, 5.41) is 0. The van der Waals surface area contributed by atoms with Crippen molar-refractivity contribution in [2.24, 2.45) is 11.5 Å². The largest absolute Gasteiger partial charge is 0.370 e. The van der Waals surface area contributed by atoms with Crippen LogP contribution in [0.2, 0.25) is 0 Å². The van der Waals surface area contributed by atoms with E-state index in [1.165, 1.54) is 0 Å². The van der Waals surface area contributed by atoms with Gasteiger partial charge in [-0.2, -0.15) is 0 Å². The van der Waals surface area contributed by atoms with Crippen LogP contribution in [0.4, 0.5) is 0 Å². The summed E-state index contributed by atoms with van der Waals surface area (Å²) in [5.41, 5.74) is 11.9. The van der Waals surface area contributed by atoms with Gasteiger partial charge in [-0.05, 0) is 12.0 Å². The smallest absolute Gasteiger partial charge is 0.218 e. The predicted molar refractivity (Wildman–Crippen MR) is 51.9 cm³/mol. The molecule has 4 N–H and O–H groups in total. The van der Waals surface area contributed by atoms with E-state index in [0.717, 1.165) is 5.56 Å². The third-order valence-corrected chi connectivity index (χ3v) is 1.80. The quantitative estimate of drug-likeness (QED) is 0.702. The Kier molecular flexibility index (Phi) is 3.46. The molecule has 3 nitrogen and oxygen atoms in total. The van der Waals surface area contributed by atoms with E-state index in [4.69, 9.17) is 11.5 Å². The first-order valence-electron chi connectivity index (χ1n) is 4.26. The Morgan fingerprint density at radius 2 is 1.92 bits per heavy atom. The molecule has 0 radical (unpaired) electrons. The molecule has 1 aromatic carbocycles. The maximum Gasteiger partial charge on any atom is 0.218 e. The number of amides is 1. The van der Waals surface area contributed by atoms with Gasteiger partial charge in [0.25, 0.3) is 0 Å². The van der Waals surface area contributed by atoms with Crippen LogP contribution in [0.3, 0.4) is 0 Å². The molecule has 0 bridgehead atoms. The molecule has 1 aromatic rings. The molecule has 1 atom stereocenters. The van der Waals surface area contributed by atoms with Gasteiger partial charge in [-0.25, -0.2) is 0 Å². The molecule has 0 aliphatic carbocycles. The highest BCUT2D eigenvalue weighted by molar-refractivity contribution is 5.74. The van der Waals surface area contributed by atoms with Crippen LogP contribution in [0, 0.1) is 0 Å². The molecule has 13 heavy (non-hydrogen) atoms. The summed E-state index contributed by atoms with van der Waals surface area (Å²) in [6.07, 6.45) is 0.943. The fraction of sp³-hybridized carbons (Fsp3) is 0.300. The molecule has 1 rings (SSSR count). The molecule has 0 spiro atoms. The van der Waals surface area contributed by atoms with E-state index in [9.17, 15) is 4.79 Å². The zero-order chi connectivity index (χ0) is 9.68. The maximum atomic E-state index is 10.5. The van der Waals surface area contributed by atoms with Gasteiger partial charge < -0.3 is 11.5 Å². The highest BCUT2D eigenvalue weighted by atomic mass is 16.1. The summed E-state index contributed by atoms with van der Waals surface area (Å²) in [7, 11) is 0. The van der Waals surface area contributed by atoms with Crippen molar-refractivity contribution in [2.45, 2.75) is 18.9 Å². The van der Waals surface area contributed by atoms with Gasteiger partial charge in [0.1, 0.15) is 0 Å². The van der Waals surface area contributed by atoms with Crippen molar-refractivity contribution in [3.63, 3.8) is 0 Å². The zero-order valence-electron chi connectivity index (χ0n) is 7.44. The van der Waals surface area contributed by atoms with Gasteiger partial charge >= 0.3 is 0 Å². The summed E-state index contributed by atoms with van der Waals surface area (Å²) >= 11 is 0. The van der Waals surface area contributed by atoms with Crippen molar-refractivity contribution in [3.8, 4) is 0 Å². The number of carbonyl (C=O) groups excluding carboxylic acids is 1. The first kappa shape index (κ1) is 9.74. The Morgan fingerprint density at radius 3 is 2.46 bits per heavy atom. The SMILES string of the molecule is NC(=O)C[C@H](N)Cc1ccccc1. The molecule has 0 unspecified atom stereocenters. The van der Waals surface area contributed by atoms with Crippen molar-refractivity contribution in [1.29, 1.82) is 0 Å². The number of hydrogen-bond acceptors (Lipinski definition) is 2. The minimum Gasteiger partial charge on any atom is -0.370 e. The number of benzene rings is 1. The van der Waals surface area contributed by atoms with Crippen molar-refractivity contribution in [2.75, 3.05) is 0 Å². The molecule has 0 saturated carbocycles. The van der Waals surface area contributed by atoms with Gasteiger partial charge in [-0.1, -0.05) is 30.3 Å². The normalized spacial score (nSPS) is 12.4. The second-order valence-electron chi connectivity index (χ2n) is 3.12.